The molecule has 0 spiro atoms. The molecular formula is C14H22F3NO3. The summed E-state index contributed by atoms with van der Waals surface area (Å²) in [5.74, 6) is -3.37. The van der Waals surface area contributed by atoms with E-state index in [9.17, 15) is 22.8 Å². The Morgan fingerprint density at radius 3 is 2.24 bits per heavy atom. The van der Waals surface area contributed by atoms with Crippen LogP contribution in [0.3, 0.4) is 0 Å². The third-order valence-electron chi connectivity index (χ3n) is 4.02. The number of aliphatic carboxylic acids is 1. The van der Waals surface area contributed by atoms with Gasteiger partial charge in [0.15, 0.2) is 0 Å². The van der Waals surface area contributed by atoms with E-state index in [2.05, 4.69) is 5.32 Å². The van der Waals surface area contributed by atoms with Crippen LogP contribution in [0.15, 0.2) is 0 Å². The molecule has 0 aliphatic heterocycles. The van der Waals surface area contributed by atoms with Crippen LogP contribution in [0.25, 0.3) is 0 Å². The van der Waals surface area contributed by atoms with Gasteiger partial charge < -0.3 is 10.4 Å². The Morgan fingerprint density at radius 2 is 1.81 bits per heavy atom. The fraction of sp³-hybridized carbons (Fsp3) is 0.857. The lowest BCUT2D eigenvalue weighted by Crippen LogP contribution is -2.44. The third kappa shape index (κ3) is 5.55. The average molecular weight is 309 g/mol. The smallest absolute Gasteiger partial charge is 0.391 e. The molecule has 7 heteroatoms. The summed E-state index contributed by atoms with van der Waals surface area (Å²) in [5.41, 5.74) is 0. The number of unbranched alkanes of at least 4 members (excludes halogenated alkanes) is 1. The molecule has 0 aromatic heterocycles. The molecule has 4 nitrogen and oxygen atoms in total. The molecule has 122 valence electrons. The van der Waals surface area contributed by atoms with Crippen molar-refractivity contribution in [3.05, 3.63) is 0 Å². The van der Waals surface area contributed by atoms with E-state index in [1.54, 1.807) is 0 Å². The van der Waals surface area contributed by atoms with Gasteiger partial charge in [-0.25, -0.2) is 4.79 Å². The van der Waals surface area contributed by atoms with Gasteiger partial charge in [-0.05, 0) is 32.1 Å². The first kappa shape index (κ1) is 17.8. The van der Waals surface area contributed by atoms with Crippen LogP contribution in [0, 0.1) is 11.8 Å². The normalized spacial score (nSPS) is 24.4. The van der Waals surface area contributed by atoms with Crippen molar-refractivity contribution in [1.29, 1.82) is 0 Å². The predicted molar refractivity (Wildman–Crippen MR) is 70.6 cm³/mol. The molecule has 0 unspecified atom stereocenters. The number of hydrogen-bond donors (Lipinski definition) is 2. The molecule has 1 aliphatic carbocycles. The van der Waals surface area contributed by atoms with E-state index in [0.29, 0.717) is 12.8 Å². The Labute approximate surface area is 122 Å². The van der Waals surface area contributed by atoms with Gasteiger partial charge in [-0.15, -0.1) is 0 Å². The van der Waals surface area contributed by atoms with E-state index in [-0.39, 0.29) is 25.7 Å². The van der Waals surface area contributed by atoms with Crippen LogP contribution in [0.5, 0.6) is 0 Å². The summed E-state index contributed by atoms with van der Waals surface area (Å²) >= 11 is 0. The molecule has 0 radical (unpaired) electrons. The first-order valence-electron chi connectivity index (χ1n) is 7.35. The number of carboxylic acids is 1. The molecule has 2 N–H and O–H groups in total. The van der Waals surface area contributed by atoms with E-state index < -0.39 is 35.9 Å². The third-order valence-corrected chi connectivity index (χ3v) is 4.02. The zero-order valence-corrected chi connectivity index (χ0v) is 12.1. The Kier molecular flexibility index (Phi) is 6.48. The molecule has 0 saturated heterocycles. The van der Waals surface area contributed by atoms with Gasteiger partial charge in [0.2, 0.25) is 5.91 Å². The maximum Gasteiger partial charge on any atom is 0.391 e. The monoisotopic (exact) mass is 309 g/mol. The van der Waals surface area contributed by atoms with Gasteiger partial charge in [0.25, 0.3) is 0 Å². The van der Waals surface area contributed by atoms with Crippen molar-refractivity contribution in [3.8, 4) is 0 Å². The largest absolute Gasteiger partial charge is 0.480 e. The maximum atomic E-state index is 12.5. The lowest BCUT2D eigenvalue weighted by molar-refractivity contribution is -0.184. The maximum absolute atomic E-state index is 12.5. The summed E-state index contributed by atoms with van der Waals surface area (Å²) in [6.45, 7) is 1.92. The van der Waals surface area contributed by atoms with E-state index in [0.717, 1.165) is 6.42 Å². The summed E-state index contributed by atoms with van der Waals surface area (Å²) < 4.78 is 37.6. The zero-order valence-electron chi connectivity index (χ0n) is 12.1. The second-order valence-electron chi connectivity index (χ2n) is 5.63. The van der Waals surface area contributed by atoms with Gasteiger partial charge in [0.1, 0.15) is 6.04 Å². The van der Waals surface area contributed by atoms with Gasteiger partial charge in [0.05, 0.1) is 5.92 Å². The van der Waals surface area contributed by atoms with Gasteiger partial charge in [0, 0.05) is 5.92 Å². The fourth-order valence-electron chi connectivity index (χ4n) is 2.64. The van der Waals surface area contributed by atoms with Gasteiger partial charge in [-0.3, -0.25) is 4.79 Å². The standard InChI is InChI=1S/C14H22F3NO3/c1-2-3-4-11(13(20)21)18-12(19)9-5-7-10(8-6-9)14(15,16)17/h9-11H,2-8H2,1H3,(H,18,19)(H,20,21)/t9?,10?,11-/m0/s1. The Balaban J connectivity index is 2.47. The summed E-state index contributed by atoms with van der Waals surface area (Å²) in [7, 11) is 0. The van der Waals surface area contributed by atoms with Crippen molar-refractivity contribution in [3.63, 3.8) is 0 Å². The van der Waals surface area contributed by atoms with Crippen molar-refractivity contribution in [2.75, 3.05) is 0 Å². The lowest BCUT2D eigenvalue weighted by atomic mass is 9.81. The summed E-state index contributed by atoms with van der Waals surface area (Å²) in [5, 5.41) is 11.5. The molecule has 1 aliphatic rings. The van der Waals surface area contributed by atoms with Crippen molar-refractivity contribution in [1.82, 2.24) is 5.32 Å². The molecule has 0 bridgehead atoms. The minimum absolute atomic E-state index is 0.0612. The van der Waals surface area contributed by atoms with Crippen LogP contribution in [0.2, 0.25) is 0 Å². The number of alkyl halides is 3. The van der Waals surface area contributed by atoms with Gasteiger partial charge in [-0.1, -0.05) is 19.8 Å². The summed E-state index contributed by atoms with van der Waals surface area (Å²) in [6.07, 6.45) is -2.16. The van der Waals surface area contributed by atoms with Crippen molar-refractivity contribution < 1.29 is 27.9 Å². The van der Waals surface area contributed by atoms with Gasteiger partial charge >= 0.3 is 12.1 Å². The minimum atomic E-state index is -4.20. The highest BCUT2D eigenvalue weighted by molar-refractivity contribution is 5.84. The molecule has 1 rings (SSSR count). The molecule has 0 aromatic carbocycles. The van der Waals surface area contributed by atoms with E-state index >= 15 is 0 Å². The topological polar surface area (TPSA) is 66.4 Å². The molecule has 0 aromatic rings. The highest BCUT2D eigenvalue weighted by Gasteiger charge is 2.42. The fourth-order valence-corrected chi connectivity index (χ4v) is 2.64. The summed E-state index contributed by atoms with van der Waals surface area (Å²) in [6, 6.07) is -0.946. The van der Waals surface area contributed by atoms with E-state index in [4.69, 9.17) is 5.11 Å². The Morgan fingerprint density at radius 1 is 1.24 bits per heavy atom. The van der Waals surface area contributed by atoms with Crippen LogP contribution in [-0.4, -0.2) is 29.2 Å². The van der Waals surface area contributed by atoms with Gasteiger partial charge in [-0.2, -0.15) is 13.2 Å². The first-order valence-corrected chi connectivity index (χ1v) is 7.35. The molecule has 1 saturated carbocycles. The molecule has 1 amide bonds. The van der Waals surface area contributed by atoms with Crippen molar-refractivity contribution >= 4 is 11.9 Å². The Bertz CT molecular complexity index is 363. The Hall–Kier alpha value is -1.27. The zero-order chi connectivity index (χ0) is 16.0. The van der Waals surface area contributed by atoms with Crippen molar-refractivity contribution in [2.24, 2.45) is 11.8 Å². The van der Waals surface area contributed by atoms with Crippen LogP contribution < -0.4 is 5.32 Å². The molecule has 1 atom stereocenters. The number of amides is 1. The van der Waals surface area contributed by atoms with Crippen molar-refractivity contribution in [2.45, 2.75) is 64.1 Å². The number of hydrogen-bond acceptors (Lipinski definition) is 2. The highest BCUT2D eigenvalue weighted by Crippen LogP contribution is 2.39. The molecular weight excluding hydrogens is 287 g/mol. The predicted octanol–water partition coefficient (Wildman–Crippen LogP) is 3.11. The average Bonchev–Trinajstić information content (AvgIpc) is 2.42. The van der Waals surface area contributed by atoms with Crippen LogP contribution in [0.1, 0.15) is 51.9 Å². The first-order chi connectivity index (χ1) is 9.75. The highest BCUT2D eigenvalue weighted by atomic mass is 19.4. The number of carbonyl (C=O) groups excluding carboxylic acids is 1. The number of carbonyl (C=O) groups is 2. The quantitative estimate of drug-likeness (QED) is 0.792. The van der Waals surface area contributed by atoms with Crippen LogP contribution in [0.4, 0.5) is 13.2 Å². The molecule has 0 heterocycles. The molecule has 1 fully saturated rings. The number of halogens is 3. The number of carboxylic acid groups (broad SMARTS) is 1. The number of nitrogens with one attached hydrogen (secondary N) is 1. The minimum Gasteiger partial charge on any atom is -0.480 e. The summed E-state index contributed by atoms with van der Waals surface area (Å²) in [4.78, 5) is 23.0. The van der Waals surface area contributed by atoms with E-state index in [1.165, 1.54) is 0 Å². The SMILES string of the molecule is CCCC[C@H](NC(=O)C1CCC(C(F)(F)F)CC1)C(=O)O. The van der Waals surface area contributed by atoms with E-state index in [1.807, 2.05) is 6.92 Å². The van der Waals surface area contributed by atoms with Crippen LogP contribution >= 0.6 is 0 Å². The molecule has 21 heavy (non-hydrogen) atoms. The second kappa shape index (κ2) is 7.66. The second-order valence-corrected chi connectivity index (χ2v) is 5.63. The lowest BCUT2D eigenvalue weighted by Gasteiger charge is -2.29. The van der Waals surface area contributed by atoms with Crippen LogP contribution in [-0.2, 0) is 9.59 Å². The number of rotatable bonds is 6.